The third-order valence-electron chi connectivity index (χ3n) is 7.05. The van der Waals surface area contributed by atoms with Crippen LogP contribution in [0.3, 0.4) is 0 Å². The average Bonchev–Trinajstić information content (AvgIpc) is 3.17. The Bertz CT molecular complexity index is 899. The van der Waals surface area contributed by atoms with Crippen molar-refractivity contribution in [1.82, 2.24) is 0 Å². The topological polar surface area (TPSA) is 320 Å². The molecule has 0 heterocycles. The molecule has 8 N–H and O–H groups in total. The Hall–Kier alpha value is -3.50. The number of carbonyl (C=O) groups is 6. The Labute approximate surface area is 302 Å². The molecular weight excluding hydrogens is 704 g/mol. The number of carbonyl (C=O) groups excluding carboxylic acids is 6. The Morgan fingerprint density at radius 1 is 0.346 bits per heavy atom. The Kier molecular flexibility index (Phi) is 28.5. The number of hydrogen-bond acceptors (Lipinski definition) is 20. The normalized spacial score (nSPS) is 11.4. The van der Waals surface area contributed by atoms with Crippen LogP contribution in [0.15, 0.2) is 0 Å². The number of rotatable bonds is 23. The molecule has 0 atom stereocenters. The lowest BCUT2D eigenvalue weighted by molar-refractivity contribution is -0.169. The molecule has 0 rings (SSSR count). The molecule has 0 aliphatic rings. The minimum atomic E-state index is -1.41. The van der Waals surface area contributed by atoms with Crippen LogP contribution < -0.4 is 0 Å². The fourth-order valence-corrected chi connectivity index (χ4v) is 2.47. The van der Waals surface area contributed by atoms with E-state index in [9.17, 15) is 28.8 Å². The lowest BCUT2D eigenvalue weighted by Gasteiger charge is -2.23. The summed E-state index contributed by atoms with van der Waals surface area (Å²) in [6.07, 6.45) is 0.698. The van der Waals surface area contributed by atoms with Crippen molar-refractivity contribution in [2.45, 2.75) is 54.4 Å². The van der Waals surface area contributed by atoms with Crippen molar-refractivity contribution in [3.05, 3.63) is 0 Å². The molecule has 0 radical (unpaired) electrons. The van der Waals surface area contributed by atoms with E-state index in [1.807, 2.05) is 0 Å². The van der Waals surface area contributed by atoms with Crippen molar-refractivity contribution >= 4 is 35.8 Å². The Morgan fingerprint density at radius 2 is 0.500 bits per heavy atom. The van der Waals surface area contributed by atoms with Crippen molar-refractivity contribution in [2.75, 3.05) is 92.5 Å². The lowest BCUT2D eigenvalue weighted by atomic mass is 9.93. The molecule has 306 valence electrons. The van der Waals surface area contributed by atoms with Gasteiger partial charge in [-0.1, -0.05) is 13.8 Å². The van der Waals surface area contributed by atoms with E-state index in [1.54, 1.807) is 13.8 Å². The van der Waals surface area contributed by atoms with Gasteiger partial charge in [-0.05, 0) is 27.7 Å². The Morgan fingerprint density at radius 3 is 0.635 bits per heavy atom. The van der Waals surface area contributed by atoms with Crippen LogP contribution >= 0.6 is 0 Å². The highest BCUT2D eigenvalue weighted by Crippen LogP contribution is 2.19. The predicted molar refractivity (Wildman–Crippen MR) is 175 cm³/mol. The van der Waals surface area contributed by atoms with Crippen LogP contribution in [0.4, 0.5) is 0 Å². The third kappa shape index (κ3) is 19.9. The summed E-state index contributed by atoms with van der Waals surface area (Å²) in [7, 11) is 0. The maximum atomic E-state index is 11.5. The van der Waals surface area contributed by atoms with Crippen molar-refractivity contribution in [1.29, 1.82) is 0 Å². The van der Waals surface area contributed by atoms with Gasteiger partial charge >= 0.3 is 35.8 Å². The largest absolute Gasteiger partial charge is 0.462 e. The van der Waals surface area contributed by atoms with Crippen LogP contribution in [-0.4, -0.2) is 169 Å². The molecule has 0 fully saturated rings. The maximum absolute atomic E-state index is 11.5. The molecule has 0 saturated carbocycles. The van der Waals surface area contributed by atoms with E-state index in [4.69, 9.17) is 59.8 Å². The smallest absolute Gasteiger partial charge is 0.316 e. The monoisotopic (exact) mass is 762 g/mol. The molecule has 52 heavy (non-hydrogen) atoms. The number of aliphatic hydroxyl groups is 8. The van der Waals surface area contributed by atoms with Gasteiger partial charge in [-0.15, -0.1) is 0 Å². The molecule has 0 aliphatic heterocycles. The summed E-state index contributed by atoms with van der Waals surface area (Å²) in [6.45, 7) is 3.42. The average molecular weight is 763 g/mol. The second-order valence-electron chi connectivity index (χ2n) is 12.2. The van der Waals surface area contributed by atoms with E-state index in [0.29, 0.717) is 12.8 Å². The standard InChI is InChI=1S/2C12H22O8.C8H14O4/c2*1-11(5-13,6-14)9(17)19-3-4-20-10(18)12(2,7-15)8-16;1-3-7(9)11-5-6-12-8(10)4-2/h2*13-16H,3-8H2,1-2H3;3-6H2,1-2H3. The van der Waals surface area contributed by atoms with Gasteiger partial charge in [-0.2, -0.15) is 0 Å². The van der Waals surface area contributed by atoms with Gasteiger partial charge in [-0.3, -0.25) is 28.8 Å². The second-order valence-corrected chi connectivity index (χ2v) is 12.2. The summed E-state index contributed by atoms with van der Waals surface area (Å²) < 4.78 is 28.4. The van der Waals surface area contributed by atoms with Gasteiger partial charge < -0.3 is 69.3 Å². The van der Waals surface area contributed by atoms with Gasteiger partial charge in [0.05, 0.1) is 52.9 Å². The van der Waals surface area contributed by atoms with Crippen molar-refractivity contribution in [2.24, 2.45) is 21.7 Å². The summed E-state index contributed by atoms with van der Waals surface area (Å²) in [5.41, 5.74) is -5.63. The van der Waals surface area contributed by atoms with Gasteiger partial charge in [0.25, 0.3) is 0 Å². The molecule has 20 nitrogen and oxygen atoms in total. The highest BCUT2D eigenvalue weighted by Gasteiger charge is 2.36. The highest BCUT2D eigenvalue weighted by atomic mass is 16.6. The van der Waals surface area contributed by atoms with Gasteiger partial charge in [0.2, 0.25) is 0 Å². The number of hydrogen-bond donors (Lipinski definition) is 8. The van der Waals surface area contributed by atoms with Gasteiger partial charge in [0, 0.05) is 12.8 Å². The summed E-state index contributed by atoms with van der Waals surface area (Å²) >= 11 is 0. The summed E-state index contributed by atoms with van der Waals surface area (Å²) in [6, 6.07) is 0. The van der Waals surface area contributed by atoms with E-state index in [1.165, 1.54) is 27.7 Å². The summed E-state index contributed by atoms with van der Waals surface area (Å²) in [5.74, 6) is -3.81. The molecule has 0 aromatic rings. The van der Waals surface area contributed by atoms with E-state index in [2.05, 4.69) is 9.47 Å². The number of esters is 6. The quantitative estimate of drug-likeness (QED) is 0.0292. The molecule has 0 aromatic heterocycles. The minimum Gasteiger partial charge on any atom is -0.462 e. The van der Waals surface area contributed by atoms with Crippen LogP contribution in [0.5, 0.6) is 0 Å². The number of aliphatic hydroxyl groups excluding tert-OH is 8. The van der Waals surface area contributed by atoms with Crippen LogP contribution in [0.2, 0.25) is 0 Å². The highest BCUT2D eigenvalue weighted by molar-refractivity contribution is 5.78. The summed E-state index contributed by atoms with van der Waals surface area (Å²) in [4.78, 5) is 67.2. The maximum Gasteiger partial charge on any atom is 0.316 e. The molecule has 0 unspecified atom stereocenters. The molecule has 0 spiro atoms. The first-order chi connectivity index (χ1) is 24.3. The van der Waals surface area contributed by atoms with Crippen LogP contribution in [0, 0.1) is 21.7 Å². The predicted octanol–water partition coefficient (Wildman–Crippen LogP) is -3.00. The van der Waals surface area contributed by atoms with E-state index in [0.717, 1.165) is 0 Å². The third-order valence-corrected chi connectivity index (χ3v) is 7.05. The second kappa shape index (κ2) is 28.1. The first-order valence-electron chi connectivity index (χ1n) is 16.2. The minimum absolute atomic E-state index is 0.151. The number of ether oxygens (including phenoxy) is 6. The van der Waals surface area contributed by atoms with Crippen molar-refractivity contribution in [3.63, 3.8) is 0 Å². The molecule has 0 saturated heterocycles. The lowest BCUT2D eigenvalue weighted by Crippen LogP contribution is -2.39. The zero-order valence-electron chi connectivity index (χ0n) is 30.8. The van der Waals surface area contributed by atoms with Gasteiger partial charge in [0.1, 0.15) is 61.3 Å². The van der Waals surface area contributed by atoms with Crippen molar-refractivity contribution < 1.29 is 98.0 Å². The van der Waals surface area contributed by atoms with Crippen LogP contribution in [-0.2, 0) is 57.2 Å². The zero-order chi connectivity index (χ0) is 41.0. The first kappa shape index (κ1) is 52.9. The van der Waals surface area contributed by atoms with E-state index < -0.39 is 98.4 Å². The van der Waals surface area contributed by atoms with Gasteiger partial charge in [0.15, 0.2) is 0 Å². The first-order valence-corrected chi connectivity index (χ1v) is 16.2. The fourth-order valence-electron chi connectivity index (χ4n) is 2.47. The van der Waals surface area contributed by atoms with E-state index in [-0.39, 0.29) is 51.6 Å². The Balaban J connectivity index is -0.000000717. The fraction of sp³-hybridized carbons (Fsp3) is 0.812. The molecule has 0 amide bonds. The molecule has 20 heteroatoms. The molecule has 0 bridgehead atoms. The molecule has 0 aromatic carbocycles. The molecule has 0 aliphatic carbocycles. The van der Waals surface area contributed by atoms with Crippen LogP contribution in [0.1, 0.15) is 54.4 Å². The molecular formula is C32H58O20. The van der Waals surface area contributed by atoms with Crippen LogP contribution in [0.25, 0.3) is 0 Å². The SMILES string of the molecule is CC(CO)(CO)C(=O)OCCOC(=O)C(C)(CO)CO.CC(CO)(CO)C(=O)OCCOC(=O)C(C)(CO)CO.CCC(=O)OCCOC(=O)CC. The van der Waals surface area contributed by atoms with Crippen molar-refractivity contribution in [3.8, 4) is 0 Å². The van der Waals surface area contributed by atoms with Gasteiger partial charge in [-0.25, -0.2) is 0 Å². The zero-order valence-corrected chi connectivity index (χ0v) is 30.8. The van der Waals surface area contributed by atoms with E-state index >= 15 is 0 Å². The summed E-state index contributed by atoms with van der Waals surface area (Å²) in [5, 5.41) is 71.8.